The number of aromatic nitrogens is 2. The van der Waals surface area contributed by atoms with E-state index in [1.54, 1.807) is 53.1 Å². The van der Waals surface area contributed by atoms with Gasteiger partial charge in [0.1, 0.15) is 0 Å². The predicted octanol–water partition coefficient (Wildman–Crippen LogP) is 4.29. The molecule has 0 amide bonds. The summed E-state index contributed by atoms with van der Waals surface area (Å²) < 4.78 is 66.8. The smallest absolute Gasteiger partial charge is 0.287 e. The van der Waals surface area contributed by atoms with Crippen molar-refractivity contribution in [1.29, 1.82) is 0 Å². The zero-order valence-corrected chi connectivity index (χ0v) is 18.3. The summed E-state index contributed by atoms with van der Waals surface area (Å²) in [5.41, 5.74) is 2.09. The topological polar surface area (TPSA) is 73.1 Å². The SMILES string of the molecule is CS(=O)(=O)Nc1ccc(Cn2c(=O)n(Cc3ccc(C(F)(F)F)cc3)c3ccccc32)cc1. The van der Waals surface area contributed by atoms with Crippen LogP contribution in [0.5, 0.6) is 0 Å². The summed E-state index contributed by atoms with van der Waals surface area (Å²) in [4.78, 5) is 13.2. The molecule has 0 bridgehead atoms. The average molecular weight is 475 g/mol. The Bertz CT molecular complexity index is 1450. The fourth-order valence-corrected chi connectivity index (χ4v) is 4.20. The van der Waals surface area contributed by atoms with Gasteiger partial charge in [-0.15, -0.1) is 0 Å². The predicted molar refractivity (Wildman–Crippen MR) is 121 cm³/mol. The van der Waals surface area contributed by atoms with Crippen LogP contribution in [0.1, 0.15) is 16.7 Å². The third kappa shape index (κ3) is 5.11. The van der Waals surface area contributed by atoms with Gasteiger partial charge in [-0.1, -0.05) is 36.4 Å². The van der Waals surface area contributed by atoms with Crippen molar-refractivity contribution in [2.45, 2.75) is 19.3 Å². The van der Waals surface area contributed by atoms with Crippen molar-refractivity contribution in [2.75, 3.05) is 11.0 Å². The molecule has 0 aliphatic carbocycles. The molecule has 3 aromatic carbocycles. The monoisotopic (exact) mass is 475 g/mol. The van der Waals surface area contributed by atoms with Crippen LogP contribution in [0.25, 0.3) is 11.0 Å². The Morgan fingerprint density at radius 2 is 1.24 bits per heavy atom. The average Bonchev–Trinajstić information content (AvgIpc) is 3.00. The quantitative estimate of drug-likeness (QED) is 0.452. The van der Waals surface area contributed by atoms with E-state index in [0.717, 1.165) is 24.0 Å². The van der Waals surface area contributed by atoms with Crippen LogP contribution < -0.4 is 10.4 Å². The molecule has 1 N–H and O–H groups in total. The summed E-state index contributed by atoms with van der Waals surface area (Å²) in [7, 11) is -3.39. The van der Waals surface area contributed by atoms with Gasteiger partial charge in [0.15, 0.2) is 0 Å². The molecule has 0 spiro atoms. The molecule has 0 aliphatic rings. The highest BCUT2D eigenvalue weighted by Gasteiger charge is 2.30. The Kier molecular flexibility index (Phi) is 5.79. The number of hydrogen-bond donors (Lipinski definition) is 1. The number of halogens is 3. The van der Waals surface area contributed by atoms with Gasteiger partial charge >= 0.3 is 11.9 Å². The molecule has 0 fully saturated rings. The maximum atomic E-state index is 13.2. The van der Waals surface area contributed by atoms with E-state index in [-0.39, 0.29) is 18.8 Å². The van der Waals surface area contributed by atoms with Crippen molar-refractivity contribution in [2.24, 2.45) is 0 Å². The van der Waals surface area contributed by atoms with E-state index in [1.165, 1.54) is 16.7 Å². The molecule has 33 heavy (non-hydrogen) atoms. The zero-order valence-electron chi connectivity index (χ0n) is 17.5. The number of nitrogens with zero attached hydrogens (tertiary/aromatic N) is 2. The minimum absolute atomic E-state index is 0.127. The normalized spacial score (nSPS) is 12.2. The number of nitrogens with one attached hydrogen (secondary N) is 1. The molecular weight excluding hydrogens is 455 g/mol. The van der Waals surface area contributed by atoms with Gasteiger partial charge in [0.25, 0.3) is 0 Å². The second kappa shape index (κ2) is 8.43. The summed E-state index contributed by atoms with van der Waals surface area (Å²) in [6.07, 6.45) is -3.36. The van der Waals surface area contributed by atoms with Gasteiger partial charge < -0.3 is 0 Å². The number of benzene rings is 3. The molecule has 0 aliphatic heterocycles. The molecule has 1 aromatic heterocycles. The van der Waals surface area contributed by atoms with Crippen molar-refractivity contribution in [3.8, 4) is 0 Å². The third-order valence-electron chi connectivity index (χ3n) is 5.14. The highest BCUT2D eigenvalue weighted by molar-refractivity contribution is 7.92. The minimum Gasteiger partial charge on any atom is -0.287 e. The summed E-state index contributed by atoms with van der Waals surface area (Å²) in [6, 6.07) is 18.6. The van der Waals surface area contributed by atoms with Crippen LogP contribution in [0.15, 0.2) is 77.6 Å². The molecule has 10 heteroatoms. The third-order valence-corrected chi connectivity index (χ3v) is 5.75. The first-order chi connectivity index (χ1) is 15.5. The Morgan fingerprint density at radius 1 is 0.788 bits per heavy atom. The molecule has 0 saturated heterocycles. The summed E-state index contributed by atoms with van der Waals surface area (Å²) >= 11 is 0. The number of hydrogen-bond acceptors (Lipinski definition) is 3. The van der Waals surface area contributed by atoms with Gasteiger partial charge in [0.2, 0.25) is 10.0 Å². The Hall–Kier alpha value is -3.53. The minimum atomic E-state index is -4.42. The van der Waals surface area contributed by atoms with Crippen LogP contribution in [0, 0.1) is 0 Å². The van der Waals surface area contributed by atoms with E-state index >= 15 is 0 Å². The van der Waals surface area contributed by atoms with E-state index in [0.29, 0.717) is 22.3 Å². The van der Waals surface area contributed by atoms with Crippen LogP contribution in [0.2, 0.25) is 0 Å². The molecule has 0 saturated carbocycles. The molecule has 4 rings (SSSR count). The fourth-order valence-electron chi connectivity index (χ4n) is 3.63. The lowest BCUT2D eigenvalue weighted by Crippen LogP contribution is -2.25. The van der Waals surface area contributed by atoms with Gasteiger partial charge in [0.05, 0.1) is 35.9 Å². The van der Waals surface area contributed by atoms with Crippen molar-refractivity contribution < 1.29 is 21.6 Å². The number of anilines is 1. The van der Waals surface area contributed by atoms with Crippen LogP contribution in [0.4, 0.5) is 18.9 Å². The Balaban J connectivity index is 1.66. The molecular formula is C23H20F3N3O3S. The van der Waals surface area contributed by atoms with Gasteiger partial charge in [-0.2, -0.15) is 13.2 Å². The Morgan fingerprint density at radius 3 is 1.67 bits per heavy atom. The number of imidazole rings is 1. The lowest BCUT2D eigenvalue weighted by molar-refractivity contribution is -0.137. The largest absolute Gasteiger partial charge is 0.416 e. The molecule has 1 heterocycles. The molecule has 6 nitrogen and oxygen atoms in total. The van der Waals surface area contributed by atoms with Crippen LogP contribution in [-0.4, -0.2) is 23.8 Å². The van der Waals surface area contributed by atoms with Crippen molar-refractivity contribution in [3.63, 3.8) is 0 Å². The van der Waals surface area contributed by atoms with Crippen LogP contribution >= 0.6 is 0 Å². The van der Waals surface area contributed by atoms with E-state index in [4.69, 9.17) is 0 Å². The van der Waals surface area contributed by atoms with E-state index in [1.807, 2.05) is 0 Å². The number of para-hydroxylation sites is 2. The lowest BCUT2D eigenvalue weighted by Gasteiger charge is -2.08. The second-order valence-electron chi connectivity index (χ2n) is 7.71. The Labute approximate surface area is 188 Å². The van der Waals surface area contributed by atoms with E-state index < -0.39 is 21.8 Å². The number of rotatable bonds is 6. The first-order valence-corrected chi connectivity index (χ1v) is 11.8. The summed E-state index contributed by atoms with van der Waals surface area (Å²) in [5.74, 6) is 0. The molecule has 172 valence electrons. The fraction of sp³-hybridized carbons (Fsp3) is 0.174. The van der Waals surface area contributed by atoms with Gasteiger partial charge in [0, 0.05) is 5.69 Å². The first-order valence-electron chi connectivity index (χ1n) is 9.92. The number of sulfonamides is 1. The highest BCUT2D eigenvalue weighted by atomic mass is 32.2. The molecule has 0 radical (unpaired) electrons. The zero-order chi connectivity index (χ0) is 23.8. The maximum Gasteiger partial charge on any atom is 0.416 e. The van der Waals surface area contributed by atoms with Gasteiger partial charge in [-0.25, -0.2) is 13.2 Å². The molecule has 0 atom stereocenters. The second-order valence-corrected chi connectivity index (χ2v) is 9.46. The van der Waals surface area contributed by atoms with Crippen LogP contribution in [-0.2, 0) is 29.3 Å². The van der Waals surface area contributed by atoms with Crippen molar-refractivity contribution in [3.05, 3.63) is 100.0 Å². The van der Waals surface area contributed by atoms with E-state index in [9.17, 15) is 26.4 Å². The number of fused-ring (bicyclic) bond motifs is 1. The van der Waals surface area contributed by atoms with Gasteiger partial charge in [-0.3, -0.25) is 13.9 Å². The molecule has 4 aromatic rings. The lowest BCUT2D eigenvalue weighted by atomic mass is 10.1. The summed E-state index contributed by atoms with van der Waals surface area (Å²) in [5, 5.41) is 0. The standard InChI is InChI=1S/C23H20F3N3O3S/c1-33(31,32)27-19-12-8-17(9-13-19)15-29-21-5-3-2-4-20(21)28(22(29)30)14-16-6-10-18(11-7-16)23(24,25)26/h2-13,27H,14-15H2,1H3. The molecule has 0 unspecified atom stereocenters. The summed E-state index contributed by atoms with van der Waals surface area (Å²) in [6.45, 7) is 0.375. The van der Waals surface area contributed by atoms with Crippen LogP contribution in [0.3, 0.4) is 0 Å². The van der Waals surface area contributed by atoms with Crippen molar-refractivity contribution >= 4 is 26.7 Å². The van der Waals surface area contributed by atoms with E-state index in [2.05, 4.69) is 4.72 Å². The van der Waals surface area contributed by atoms with Crippen molar-refractivity contribution in [1.82, 2.24) is 9.13 Å². The maximum absolute atomic E-state index is 13.2. The van der Waals surface area contributed by atoms with Gasteiger partial charge in [-0.05, 0) is 47.5 Å². The highest BCUT2D eigenvalue weighted by Crippen LogP contribution is 2.29. The first kappa shape index (κ1) is 22.7. The number of alkyl halides is 3.